The van der Waals surface area contributed by atoms with Crippen molar-refractivity contribution in [1.29, 1.82) is 0 Å². The molecule has 0 aliphatic rings. The van der Waals surface area contributed by atoms with Crippen LogP contribution in [-0.2, 0) is 26.0 Å². The van der Waals surface area contributed by atoms with Gasteiger partial charge in [0.25, 0.3) is 0 Å². The Hall–Kier alpha value is -2.59. The molecule has 1 heterocycles. The number of aromatic nitrogens is 2. The fourth-order valence-corrected chi connectivity index (χ4v) is 3.99. The molecule has 0 bridgehead atoms. The summed E-state index contributed by atoms with van der Waals surface area (Å²) in [6.07, 6.45) is 1.92. The summed E-state index contributed by atoms with van der Waals surface area (Å²) >= 11 is 3.55. The largest absolute Gasteiger partial charge is 0.489 e. The third kappa shape index (κ3) is 4.38. The van der Waals surface area contributed by atoms with E-state index in [1.807, 2.05) is 6.07 Å². The first kappa shape index (κ1) is 19.7. The lowest BCUT2D eigenvalue weighted by molar-refractivity contribution is 0.302. The van der Waals surface area contributed by atoms with Crippen LogP contribution >= 0.6 is 15.9 Å². The van der Waals surface area contributed by atoms with Crippen LogP contribution in [0.3, 0.4) is 0 Å². The number of halogens is 1. The molecular formula is C25H25BrN2O. The summed E-state index contributed by atoms with van der Waals surface area (Å²) in [4.78, 5) is 4.82. The molecule has 1 aromatic heterocycles. The van der Waals surface area contributed by atoms with Crippen molar-refractivity contribution in [1.82, 2.24) is 9.55 Å². The highest BCUT2D eigenvalue weighted by atomic mass is 79.9. The van der Waals surface area contributed by atoms with E-state index in [1.165, 1.54) is 11.1 Å². The van der Waals surface area contributed by atoms with Gasteiger partial charge in [0.05, 0.1) is 17.6 Å². The Morgan fingerprint density at radius 3 is 2.55 bits per heavy atom. The van der Waals surface area contributed by atoms with E-state index in [0.717, 1.165) is 52.0 Å². The zero-order chi connectivity index (χ0) is 20.2. The number of aryl methyl sites for hydroxylation is 2. The van der Waals surface area contributed by atoms with Gasteiger partial charge in [0, 0.05) is 16.5 Å². The van der Waals surface area contributed by atoms with Crippen LogP contribution < -0.4 is 4.74 Å². The van der Waals surface area contributed by atoms with E-state index in [1.54, 1.807) is 0 Å². The highest BCUT2D eigenvalue weighted by molar-refractivity contribution is 9.10. The average molecular weight is 449 g/mol. The number of nitrogens with zero attached hydrogens (tertiary/aromatic N) is 2. The molecule has 4 rings (SSSR count). The summed E-state index contributed by atoms with van der Waals surface area (Å²) < 4.78 is 9.58. The minimum Gasteiger partial charge on any atom is -0.489 e. The second kappa shape index (κ2) is 8.83. The fraction of sp³-hybridized carbons (Fsp3) is 0.240. The van der Waals surface area contributed by atoms with Gasteiger partial charge in [-0.05, 0) is 41.8 Å². The average Bonchev–Trinajstić information content (AvgIpc) is 3.09. The molecule has 0 aliphatic carbocycles. The number of hydrogen-bond donors (Lipinski definition) is 0. The maximum atomic E-state index is 6.23. The molecule has 0 amide bonds. The minimum atomic E-state index is 0.573. The fourth-order valence-electron chi connectivity index (χ4n) is 3.65. The summed E-state index contributed by atoms with van der Waals surface area (Å²) in [6.45, 7) is 5.64. The molecule has 0 saturated heterocycles. The van der Waals surface area contributed by atoms with Crippen LogP contribution in [0, 0.1) is 0 Å². The Morgan fingerprint density at radius 2 is 1.72 bits per heavy atom. The van der Waals surface area contributed by atoms with Gasteiger partial charge in [-0.15, -0.1) is 0 Å². The van der Waals surface area contributed by atoms with Crippen LogP contribution in [0.5, 0.6) is 5.75 Å². The molecule has 0 spiro atoms. The molecule has 3 nitrogen and oxygen atoms in total. The van der Waals surface area contributed by atoms with Crippen molar-refractivity contribution in [3.63, 3.8) is 0 Å². The predicted molar refractivity (Wildman–Crippen MR) is 123 cm³/mol. The van der Waals surface area contributed by atoms with Gasteiger partial charge in [0.2, 0.25) is 0 Å². The SMILES string of the molecule is CCc1cccc(COc2ccccc2Cn2c(CC)nc3cc(Br)ccc32)c1. The van der Waals surface area contributed by atoms with Crippen molar-refractivity contribution in [3.05, 3.63) is 93.7 Å². The lowest BCUT2D eigenvalue weighted by Crippen LogP contribution is -2.07. The maximum Gasteiger partial charge on any atom is 0.124 e. The van der Waals surface area contributed by atoms with Crippen LogP contribution in [0.25, 0.3) is 11.0 Å². The van der Waals surface area contributed by atoms with Crippen LogP contribution in [-0.4, -0.2) is 9.55 Å². The third-order valence-electron chi connectivity index (χ3n) is 5.20. The van der Waals surface area contributed by atoms with E-state index < -0.39 is 0 Å². The van der Waals surface area contributed by atoms with Gasteiger partial charge < -0.3 is 9.30 Å². The zero-order valence-electron chi connectivity index (χ0n) is 16.9. The molecule has 0 radical (unpaired) electrons. The Bertz CT molecular complexity index is 1130. The van der Waals surface area contributed by atoms with Crippen LogP contribution in [0.1, 0.15) is 36.4 Å². The van der Waals surface area contributed by atoms with Crippen LogP contribution in [0.15, 0.2) is 71.2 Å². The van der Waals surface area contributed by atoms with Crippen molar-refractivity contribution in [3.8, 4) is 5.75 Å². The van der Waals surface area contributed by atoms with Gasteiger partial charge in [0.15, 0.2) is 0 Å². The summed E-state index contributed by atoms with van der Waals surface area (Å²) in [6, 6.07) is 23.2. The van der Waals surface area contributed by atoms with E-state index in [4.69, 9.17) is 9.72 Å². The normalized spacial score (nSPS) is 11.1. The van der Waals surface area contributed by atoms with Gasteiger partial charge in [-0.1, -0.05) is 72.2 Å². The quantitative estimate of drug-likeness (QED) is 0.320. The maximum absolute atomic E-state index is 6.23. The van der Waals surface area contributed by atoms with E-state index in [9.17, 15) is 0 Å². The number of hydrogen-bond acceptors (Lipinski definition) is 2. The van der Waals surface area contributed by atoms with Crippen molar-refractivity contribution in [2.75, 3.05) is 0 Å². The second-order valence-corrected chi connectivity index (χ2v) is 8.09. The third-order valence-corrected chi connectivity index (χ3v) is 5.69. The van der Waals surface area contributed by atoms with E-state index in [-0.39, 0.29) is 0 Å². The zero-order valence-corrected chi connectivity index (χ0v) is 18.4. The van der Waals surface area contributed by atoms with Gasteiger partial charge in [-0.2, -0.15) is 0 Å². The lowest BCUT2D eigenvalue weighted by atomic mass is 10.1. The lowest BCUT2D eigenvalue weighted by Gasteiger charge is -2.14. The monoisotopic (exact) mass is 448 g/mol. The second-order valence-electron chi connectivity index (χ2n) is 7.17. The van der Waals surface area contributed by atoms with Crippen molar-refractivity contribution in [2.45, 2.75) is 39.8 Å². The summed E-state index contributed by atoms with van der Waals surface area (Å²) in [7, 11) is 0. The molecule has 3 aromatic carbocycles. The summed E-state index contributed by atoms with van der Waals surface area (Å²) in [5.74, 6) is 2.01. The molecule has 0 N–H and O–H groups in total. The first-order chi connectivity index (χ1) is 14.2. The molecule has 4 heteroatoms. The number of ether oxygens (including phenoxy) is 1. The first-order valence-corrected chi connectivity index (χ1v) is 10.9. The van der Waals surface area contributed by atoms with Gasteiger partial charge >= 0.3 is 0 Å². The number of benzene rings is 3. The molecule has 148 valence electrons. The van der Waals surface area contributed by atoms with Crippen LogP contribution in [0.4, 0.5) is 0 Å². The molecule has 0 unspecified atom stereocenters. The van der Waals surface area contributed by atoms with Crippen LogP contribution in [0.2, 0.25) is 0 Å². The van der Waals surface area contributed by atoms with Crippen molar-refractivity contribution in [2.24, 2.45) is 0 Å². The number of imidazole rings is 1. The molecule has 0 fully saturated rings. The molecular weight excluding hydrogens is 424 g/mol. The molecule has 0 saturated carbocycles. The smallest absolute Gasteiger partial charge is 0.124 e. The van der Waals surface area contributed by atoms with E-state index in [2.05, 4.69) is 95.0 Å². The van der Waals surface area contributed by atoms with Gasteiger partial charge in [0.1, 0.15) is 18.2 Å². The van der Waals surface area contributed by atoms with Crippen molar-refractivity contribution >= 4 is 27.0 Å². The predicted octanol–water partition coefficient (Wildman–Crippen LogP) is 6.55. The highest BCUT2D eigenvalue weighted by Gasteiger charge is 2.12. The van der Waals surface area contributed by atoms with E-state index >= 15 is 0 Å². The molecule has 29 heavy (non-hydrogen) atoms. The Balaban J connectivity index is 1.61. The summed E-state index contributed by atoms with van der Waals surface area (Å²) in [5, 5.41) is 0. The van der Waals surface area contributed by atoms with Gasteiger partial charge in [-0.3, -0.25) is 0 Å². The topological polar surface area (TPSA) is 27.1 Å². The minimum absolute atomic E-state index is 0.573. The molecule has 0 atom stereocenters. The van der Waals surface area contributed by atoms with Crippen molar-refractivity contribution < 1.29 is 4.74 Å². The molecule has 0 aliphatic heterocycles. The highest BCUT2D eigenvalue weighted by Crippen LogP contribution is 2.26. The number of fused-ring (bicyclic) bond motifs is 1. The first-order valence-electron chi connectivity index (χ1n) is 10.1. The Morgan fingerprint density at radius 1 is 0.897 bits per heavy atom. The Labute approximate surface area is 180 Å². The van der Waals surface area contributed by atoms with E-state index in [0.29, 0.717) is 6.61 Å². The molecule has 4 aromatic rings. The van der Waals surface area contributed by atoms with Gasteiger partial charge in [-0.25, -0.2) is 4.98 Å². The standard InChI is InChI=1S/C25H25BrN2O/c1-3-18-8-7-9-19(14-18)17-29-24-11-6-5-10-20(24)16-28-23-13-12-21(26)15-22(23)27-25(28)4-2/h5-15H,3-4,16-17H2,1-2H3. The summed E-state index contributed by atoms with van der Waals surface area (Å²) in [5.41, 5.74) is 5.87. The number of para-hydroxylation sites is 1. The number of rotatable bonds is 7. The Kier molecular flexibility index (Phi) is 6.00.